The van der Waals surface area contributed by atoms with Crippen LogP contribution in [0.25, 0.3) is 0 Å². The van der Waals surface area contributed by atoms with Gasteiger partial charge in [-0.15, -0.1) is 0 Å². The Bertz CT molecular complexity index is 378. The van der Waals surface area contributed by atoms with Crippen molar-refractivity contribution < 1.29 is 14.0 Å². The van der Waals surface area contributed by atoms with Crippen LogP contribution in [0.1, 0.15) is 60.8 Å². The molecule has 0 radical (unpaired) electrons. The molecule has 3 nitrogen and oxygen atoms in total. The number of carbonyl (C=O) groups is 1. The standard InChI is InChI=1S/C17H34O3Si/c1-10-12-14(13(3)16(18)19-7)15(11-2)20-21(8,9)17(4,5)6/h15H,10-12H2,1-9H3/b14-13-. The number of hydrogen-bond donors (Lipinski definition) is 0. The van der Waals surface area contributed by atoms with E-state index in [0.29, 0.717) is 5.57 Å². The number of methoxy groups -OCH3 is 1. The highest BCUT2D eigenvalue weighted by Gasteiger charge is 2.39. The molecule has 0 saturated heterocycles. The molecule has 0 amide bonds. The number of carbonyl (C=O) groups excluding carboxylic acids is 1. The van der Waals surface area contributed by atoms with Crippen LogP contribution in [-0.4, -0.2) is 27.5 Å². The van der Waals surface area contributed by atoms with Gasteiger partial charge in [0.05, 0.1) is 13.2 Å². The minimum absolute atomic E-state index is 0.0185. The summed E-state index contributed by atoms with van der Waals surface area (Å²) in [6.07, 6.45) is 2.79. The van der Waals surface area contributed by atoms with Crippen molar-refractivity contribution in [2.75, 3.05) is 7.11 Å². The topological polar surface area (TPSA) is 35.5 Å². The van der Waals surface area contributed by atoms with Gasteiger partial charge in [-0.1, -0.05) is 41.0 Å². The fourth-order valence-electron chi connectivity index (χ4n) is 2.08. The quantitative estimate of drug-likeness (QED) is 0.373. The van der Waals surface area contributed by atoms with Gasteiger partial charge in [0.1, 0.15) is 0 Å². The minimum Gasteiger partial charge on any atom is -0.466 e. The van der Waals surface area contributed by atoms with Crippen LogP contribution < -0.4 is 0 Å². The Labute approximate surface area is 132 Å². The predicted molar refractivity (Wildman–Crippen MR) is 92.0 cm³/mol. The molecule has 0 aliphatic heterocycles. The lowest BCUT2D eigenvalue weighted by Crippen LogP contribution is -2.44. The second-order valence-electron chi connectivity index (χ2n) is 7.17. The van der Waals surface area contributed by atoms with E-state index in [4.69, 9.17) is 9.16 Å². The predicted octanol–water partition coefficient (Wildman–Crippen LogP) is 5.08. The lowest BCUT2D eigenvalue weighted by Gasteiger charge is -2.40. The summed E-state index contributed by atoms with van der Waals surface area (Å²) in [5, 5.41) is 0.164. The zero-order valence-corrected chi connectivity index (χ0v) is 16.4. The highest BCUT2D eigenvalue weighted by molar-refractivity contribution is 6.74. The molecule has 1 atom stereocenters. The Balaban J connectivity index is 5.51. The summed E-state index contributed by atoms with van der Waals surface area (Å²) in [5.41, 5.74) is 1.82. The average Bonchev–Trinajstić information content (AvgIpc) is 2.39. The molecule has 1 unspecified atom stereocenters. The van der Waals surface area contributed by atoms with Crippen molar-refractivity contribution in [2.24, 2.45) is 0 Å². The lowest BCUT2D eigenvalue weighted by molar-refractivity contribution is -0.136. The summed E-state index contributed by atoms with van der Waals surface area (Å²) in [7, 11) is -0.422. The van der Waals surface area contributed by atoms with Gasteiger partial charge in [0.2, 0.25) is 0 Å². The molecule has 0 heterocycles. The Morgan fingerprint density at radius 2 is 1.71 bits per heavy atom. The third-order valence-corrected chi connectivity index (χ3v) is 8.98. The van der Waals surface area contributed by atoms with Gasteiger partial charge < -0.3 is 9.16 Å². The summed E-state index contributed by atoms with van der Waals surface area (Å²) in [6.45, 7) is 17.3. The van der Waals surface area contributed by atoms with E-state index in [0.717, 1.165) is 24.8 Å². The lowest BCUT2D eigenvalue weighted by atomic mass is 9.97. The van der Waals surface area contributed by atoms with E-state index < -0.39 is 8.32 Å². The van der Waals surface area contributed by atoms with Gasteiger partial charge in [0.25, 0.3) is 0 Å². The first-order chi connectivity index (χ1) is 9.51. The molecule has 0 fully saturated rings. The van der Waals surface area contributed by atoms with Gasteiger partial charge in [-0.25, -0.2) is 4.79 Å². The smallest absolute Gasteiger partial charge is 0.333 e. The highest BCUT2D eigenvalue weighted by atomic mass is 28.4. The molecule has 0 aliphatic carbocycles. The zero-order valence-electron chi connectivity index (χ0n) is 15.4. The highest BCUT2D eigenvalue weighted by Crippen LogP contribution is 2.39. The second kappa shape index (κ2) is 8.13. The SMILES string of the molecule is CCC/C(=C(\C)C(=O)OC)C(CC)O[Si](C)(C)C(C)(C)C. The first-order valence-corrected chi connectivity index (χ1v) is 10.9. The minimum atomic E-state index is -1.86. The maximum absolute atomic E-state index is 11.9. The van der Waals surface area contributed by atoms with Crippen LogP contribution in [-0.2, 0) is 14.0 Å². The van der Waals surface area contributed by atoms with Crippen molar-refractivity contribution in [3.8, 4) is 0 Å². The van der Waals surface area contributed by atoms with Crippen LogP contribution in [0.3, 0.4) is 0 Å². The van der Waals surface area contributed by atoms with E-state index in [-0.39, 0.29) is 17.1 Å². The Morgan fingerprint density at radius 3 is 2.05 bits per heavy atom. The molecular weight excluding hydrogens is 280 g/mol. The monoisotopic (exact) mass is 314 g/mol. The van der Waals surface area contributed by atoms with Crippen LogP contribution in [0.2, 0.25) is 18.1 Å². The van der Waals surface area contributed by atoms with Gasteiger partial charge >= 0.3 is 5.97 Å². The summed E-state index contributed by atoms with van der Waals surface area (Å²) in [6, 6.07) is 0. The van der Waals surface area contributed by atoms with Gasteiger partial charge in [-0.2, -0.15) is 0 Å². The van der Waals surface area contributed by atoms with Crippen molar-refractivity contribution in [3.05, 3.63) is 11.1 Å². The number of ether oxygens (including phenoxy) is 1. The van der Waals surface area contributed by atoms with Crippen LogP contribution in [0.15, 0.2) is 11.1 Å². The van der Waals surface area contributed by atoms with Gasteiger partial charge in [0, 0.05) is 5.57 Å². The fraction of sp³-hybridized carbons (Fsp3) is 0.824. The van der Waals surface area contributed by atoms with Crippen molar-refractivity contribution >= 4 is 14.3 Å². The Kier molecular flexibility index (Phi) is 7.90. The van der Waals surface area contributed by atoms with E-state index in [2.05, 4.69) is 47.7 Å². The molecule has 0 saturated carbocycles. The fourth-order valence-corrected chi connectivity index (χ4v) is 3.45. The van der Waals surface area contributed by atoms with Crippen LogP contribution in [0.5, 0.6) is 0 Å². The molecular formula is C17H34O3Si. The van der Waals surface area contributed by atoms with Crippen molar-refractivity contribution in [3.63, 3.8) is 0 Å². The van der Waals surface area contributed by atoms with E-state index in [9.17, 15) is 4.79 Å². The van der Waals surface area contributed by atoms with Gasteiger partial charge in [-0.3, -0.25) is 0 Å². The molecule has 0 spiro atoms. The molecule has 0 aromatic heterocycles. The van der Waals surface area contributed by atoms with Crippen LogP contribution in [0, 0.1) is 0 Å². The van der Waals surface area contributed by atoms with Crippen molar-refractivity contribution in [1.29, 1.82) is 0 Å². The molecule has 0 bridgehead atoms. The largest absolute Gasteiger partial charge is 0.466 e. The van der Waals surface area contributed by atoms with E-state index in [1.165, 1.54) is 7.11 Å². The summed E-state index contributed by atoms with van der Waals surface area (Å²) in [5.74, 6) is -0.240. The number of rotatable bonds is 7. The third-order valence-electron chi connectivity index (χ3n) is 4.50. The van der Waals surface area contributed by atoms with Crippen molar-refractivity contribution in [2.45, 2.75) is 85.0 Å². The van der Waals surface area contributed by atoms with E-state index >= 15 is 0 Å². The third kappa shape index (κ3) is 5.59. The van der Waals surface area contributed by atoms with E-state index in [1.807, 2.05) is 6.92 Å². The molecule has 21 heavy (non-hydrogen) atoms. The first-order valence-electron chi connectivity index (χ1n) is 7.97. The van der Waals surface area contributed by atoms with Gasteiger partial charge in [-0.05, 0) is 43.5 Å². The Hall–Kier alpha value is -0.613. The first kappa shape index (κ1) is 20.4. The molecule has 0 rings (SSSR count). The summed E-state index contributed by atoms with van der Waals surface area (Å²) < 4.78 is 11.4. The van der Waals surface area contributed by atoms with Crippen molar-refractivity contribution in [1.82, 2.24) is 0 Å². The zero-order chi connectivity index (χ0) is 16.8. The molecule has 4 heteroatoms. The molecule has 0 aromatic rings. The summed E-state index contributed by atoms with van der Waals surface area (Å²) >= 11 is 0. The van der Waals surface area contributed by atoms with Gasteiger partial charge in [0.15, 0.2) is 8.32 Å². The van der Waals surface area contributed by atoms with Crippen LogP contribution in [0.4, 0.5) is 0 Å². The maximum Gasteiger partial charge on any atom is 0.333 e. The average molecular weight is 315 g/mol. The van der Waals surface area contributed by atoms with E-state index in [1.54, 1.807) is 0 Å². The van der Waals surface area contributed by atoms with Crippen LogP contribution >= 0.6 is 0 Å². The summed E-state index contributed by atoms with van der Waals surface area (Å²) in [4.78, 5) is 11.9. The second-order valence-corrected chi connectivity index (χ2v) is 11.9. The number of esters is 1. The molecule has 0 aromatic carbocycles. The normalized spacial score (nSPS) is 15.5. The molecule has 0 N–H and O–H groups in total. The Morgan fingerprint density at radius 1 is 1.19 bits per heavy atom. The molecule has 0 aliphatic rings. The maximum atomic E-state index is 11.9. The number of hydrogen-bond acceptors (Lipinski definition) is 3. The molecule has 124 valence electrons.